The van der Waals surface area contributed by atoms with Crippen molar-refractivity contribution in [3.8, 4) is 17.6 Å². The number of carbonyl (C=O) groups excluding carboxylic acids is 1. The minimum Gasteiger partial charge on any atom is -0.497 e. The number of carbonyl (C=O) groups is 1. The Kier molecular flexibility index (Phi) is 6.64. The van der Waals surface area contributed by atoms with Gasteiger partial charge in [-0.05, 0) is 43.3 Å². The van der Waals surface area contributed by atoms with Gasteiger partial charge in [-0.2, -0.15) is 26.3 Å². The second kappa shape index (κ2) is 8.83. The van der Waals surface area contributed by atoms with Gasteiger partial charge in [0.05, 0.1) is 18.0 Å². The van der Waals surface area contributed by atoms with E-state index in [1.807, 2.05) is 0 Å². The highest BCUT2D eigenvalue weighted by molar-refractivity contribution is 8.00. The van der Waals surface area contributed by atoms with Crippen LogP contribution in [0.15, 0.2) is 47.4 Å². The minimum absolute atomic E-state index is 0.0414. The molecule has 0 saturated heterocycles. The van der Waals surface area contributed by atoms with Crippen LogP contribution >= 0.6 is 11.8 Å². The second-order valence-electron chi connectivity index (χ2n) is 7.03. The van der Waals surface area contributed by atoms with Crippen LogP contribution in [0.1, 0.15) is 22.8 Å². The molecule has 0 bridgehead atoms. The first-order valence-corrected chi connectivity index (χ1v) is 10.3. The van der Waals surface area contributed by atoms with Gasteiger partial charge in [-0.25, -0.2) is 0 Å². The van der Waals surface area contributed by atoms with Crippen LogP contribution in [0.4, 0.5) is 32.0 Å². The molecule has 0 aromatic heterocycles. The summed E-state index contributed by atoms with van der Waals surface area (Å²) in [6.07, 6.45) is -12.0. The van der Waals surface area contributed by atoms with E-state index in [4.69, 9.17) is 4.74 Å². The highest BCUT2D eigenvalue weighted by Gasteiger charge is 2.71. The molecular formula is C22H17F6NO3S. The Morgan fingerprint density at radius 3 is 2.21 bits per heavy atom. The molecule has 176 valence electrons. The van der Waals surface area contributed by atoms with Crippen molar-refractivity contribution in [3.63, 3.8) is 0 Å². The lowest BCUT2D eigenvalue weighted by molar-refractivity contribution is -0.376. The van der Waals surface area contributed by atoms with Crippen molar-refractivity contribution in [1.82, 2.24) is 0 Å². The van der Waals surface area contributed by atoms with E-state index in [0.717, 1.165) is 17.8 Å². The van der Waals surface area contributed by atoms with Gasteiger partial charge < -0.3 is 14.7 Å². The smallest absolute Gasteiger partial charge is 0.430 e. The highest BCUT2D eigenvalue weighted by Crippen LogP contribution is 2.52. The Balaban J connectivity index is 2.11. The number of rotatable bonds is 3. The number of aliphatic hydroxyl groups is 1. The molecule has 1 heterocycles. The maximum absolute atomic E-state index is 13.3. The quantitative estimate of drug-likeness (QED) is 0.479. The Morgan fingerprint density at radius 2 is 1.70 bits per heavy atom. The highest BCUT2D eigenvalue weighted by atomic mass is 32.2. The van der Waals surface area contributed by atoms with E-state index in [9.17, 15) is 36.2 Å². The summed E-state index contributed by atoms with van der Waals surface area (Å²) in [5, 5.41) is 9.14. The second-order valence-corrected chi connectivity index (χ2v) is 8.28. The van der Waals surface area contributed by atoms with Gasteiger partial charge in [-0.3, -0.25) is 4.79 Å². The molecule has 33 heavy (non-hydrogen) atoms. The summed E-state index contributed by atoms with van der Waals surface area (Å²) in [6, 6.07) is 8.18. The molecule has 1 amide bonds. The molecule has 4 nitrogen and oxygen atoms in total. The van der Waals surface area contributed by atoms with Crippen molar-refractivity contribution in [1.29, 1.82) is 0 Å². The molecule has 0 aliphatic carbocycles. The van der Waals surface area contributed by atoms with Crippen molar-refractivity contribution in [3.05, 3.63) is 53.6 Å². The predicted molar refractivity (Wildman–Crippen MR) is 110 cm³/mol. The topological polar surface area (TPSA) is 49.8 Å². The lowest BCUT2D eigenvalue weighted by atomic mass is 9.92. The van der Waals surface area contributed by atoms with Crippen molar-refractivity contribution in [2.24, 2.45) is 0 Å². The van der Waals surface area contributed by atoms with Gasteiger partial charge in [0.15, 0.2) is 0 Å². The number of methoxy groups -OCH3 is 1. The van der Waals surface area contributed by atoms with E-state index < -0.39 is 34.7 Å². The molecule has 1 N–H and O–H groups in total. The zero-order valence-corrected chi connectivity index (χ0v) is 18.0. The summed E-state index contributed by atoms with van der Waals surface area (Å²) in [7, 11) is 1.45. The third-order valence-corrected chi connectivity index (χ3v) is 6.13. The van der Waals surface area contributed by atoms with E-state index in [1.165, 1.54) is 31.1 Å². The van der Waals surface area contributed by atoms with Crippen molar-refractivity contribution >= 4 is 23.4 Å². The van der Waals surface area contributed by atoms with Gasteiger partial charge in [0, 0.05) is 22.6 Å². The average molecular weight is 489 g/mol. The van der Waals surface area contributed by atoms with Crippen molar-refractivity contribution < 1.29 is 41.0 Å². The number of ether oxygens (including phenoxy) is 1. The number of benzene rings is 2. The summed E-state index contributed by atoms with van der Waals surface area (Å²) >= 11 is 0.922. The fraction of sp³-hybridized carbons (Fsp3) is 0.318. The van der Waals surface area contributed by atoms with E-state index in [2.05, 4.69) is 11.8 Å². The van der Waals surface area contributed by atoms with Crippen LogP contribution in [0.25, 0.3) is 0 Å². The van der Waals surface area contributed by atoms with E-state index in [1.54, 1.807) is 12.1 Å². The number of thioether (sulfide) groups is 1. The molecule has 3 rings (SSSR count). The average Bonchev–Trinajstić information content (AvgIpc) is 2.75. The van der Waals surface area contributed by atoms with Crippen LogP contribution < -0.4 is 9.64 Å². The monoisotopic (exact) mass is 489 g/mol. The first-order valence-electron chi connectivity index (χ1n) is 9.38. The Hall–Kier alpha value is -2.84. The largest absolute Gasteiger partial charge is 0.497 e. The summed E-state index contributed by atoms with van der Waals surface area (Å²) < 4.78 is 85.0. The SMILES string of the molecule is CC#CC1CN(C(=O)c2ccc(OC)cc2)c2ccc(C(O)(C(F)(F)F)C(F)(F)F)cc2S1. The summed E-state index contributed by atoms with van der Waals surface area (Å²) in [5.41, 5.74) is -6.10. The number of anilines is 1. The molecule has 1 unspecified atom stereocenters. The number of alkyl halides is 6. The first kappa shape index (κ1) is 24.8. The molecule has 0 spiro atoms. The molecule has 1 atom stereocenters. The Labute approximate surface area is 189 Å². The minimum atomic E-state index is -6.01. The maximum Gasteiger partial charge on any atom is 0.430 e. The van der Waals surface area contributed by atoms with Crippen LogP contribution in [0.3, 0.4) is 0 Å². The molecule has 11 heteroatoms. The lowest BCUT2D eigenvalue weighted by Gasteiger charge is -2.36. The number of halogens is 6. The number of nitrogens with zero attached hydrogens (tertiary/aromatic N) is 1. The number of amides is 1. The molecule has 0 saturated carbocycles. The van der Waals surface area contributed by atoms with Gasteiger partial charge in [-0.15, -0.1) is 17.7 Å². The molecular weight excluding hydrogens is 472 g/mol. The van der Waals surface area contributed by atoms with Crippen LogP contribution in [-0.2, 0) is 5.60 Å². The fourth-order valence-electron chi connectivity index (χ4n) is 3.32. The molecule has 1 aliphatic rings. The molecule has 0 fully saturated rings. The van der Waals surface area contributed by atoms with Crippen LogP contribution in [0.2, 0.25) is 0 Å². The van der Waals surface area contributed by atoms with Crippen molar-refractivity contribution in [2.45, 2.75) is 35.0 Å². The number of hydrogen-bond acceptors (Lipinski definition) is 4. The Bertz CT molecular complexity index is 1090. The van der Waals surface area contributed by atoms with Crippen LogP contribution in [-0.4, -0.2) is 42.3 Å². The van der Waals surface area contributed by atoms with Gasteiger partial charge in [-0.1, -0.05) is 12.0 Å². The zero-order valence-electron chi connectivity index (χ0n) is 17.2. The van der Waals surface area contributed by atoms with Gasteiger partial charge in [0.2, 0.25) is 0 Å². The summed E-state index contributed by atoms with van der Waals surface area (Å²) in [6.45, 7) is 1.58. The van der Waals surface area contributed by atoms with E-state index in [-0.39, 0.29) is 22.7 Å². The van der Waals surface area contributed by atoms with Gasteiger partial charge in [0.25, 0.3) is 11.5 Å². The first-order chi connectivity index (χ1) is 15.3. The fourth-order valence-corrected chi connectivity index (χ4v) is 4.52. The summed E-state index contributed by atoms with van der Waals surface area (Å²) in [5.74, 6) is 5.41. The predicted octanol–water partition coefficient (Wildman–Crippen LogP) is 5.15. The van der Waals surface area contributed by atoms with Crippen LogP contribution in [0.5, 0.6) is 5.75 Å². The number of fused-ring (bicyclic) bond motifs is 1. The lowest BCUT2D eigenvalue weighted by Crippen LogP contribution is -2.54. The van der Waals surface area contributed by atoms with E-state index >= 15 is 0 Å². The van der Waals surface area contributed by atoms with E-state index in [0.29, 0.717) is 17.9 Å². The van der Waals surface area contributed by atoms with Gasteiger partial charge in [0.1, 0.15) is 5.75 Å². The molecule has 1 aliphatic heterocycles. The number of hydrogen-bond donors (Lipinski definition) is 1. The van der Waals surface area contributed by atoms with Crippen LogP contribution in [0, 0.1) is 11.8 Å². The normalized spacial score (nSPS) is 16.5. The third-order valence-electron chi connectivity index (χ3n) is 4.99. The molecule has 2 aromatic rings. The zero-order chi connectivity index (χ0) is 24.6. The Morgan fingerprint density at radius 1 is 1.09 bits per heavy atom. The van der Waals surface area contributed by atoms with Crippen molar-refractivity contribution in [2.75, 3.05) is 18.6 Å². The molecule has 2 aromatic carbocycles. The molecule has 0 radical (unpaired) electrons. The maximum atomic E-state index is 13.3. The summed E-state index contributed by atoms with van der Waals surface area (Å²) in [4.78, 5) is 14.3. The standard InChI is InChI=1S/C22H17F6NO3S/c1-3-4-16-12-29(19(30)13-5-8-15(32-2)9-6-13)17-10-7-14(11-18(17)33-16)20(31,21(23,24)25)22(26,27)28/h5-11,16,31H,12H2,1-2H3. The third kappa shape index (κ3) is 4.50. The van der Waals surface area contributed by atoms with Gasteiger partial charge >= 0.3 is 12.4 Å².